The van der Waals surface area contributed by atoms with E-state index in [0.29, 0.717) is 19.0 Å². The van der Waals surface area contributed by atoms with Gasteiger partial charge in [0.25, 0.3) is 0 Å². The fourth-order valence-corrected chi connectivity index (χ4v) is 5.38. The maximum atomic E-state index is 13.3. The maximum Gasteiger partial charge on any atom is 0.242 e. The number of benzene rings is 2. The second-order valence-electron chi connectivity index (χ2n) is 9.44. The zero-order chi connectivity index (χ0) is 23.7. The Kier molecular flexibility index (Phi) is 6.26. The molecule has 7 nitrogen and oxygen atoms in total. The highest BCUT2D eigenvalue weighted by Gasteiger charge is 2.35. The van der Waals surface area contributed by atoms with Gasteiger partial charge in [0.2, 0.25) is 11.8 Å². The Hall–Kier alpha value is -3.35. The average molecular weight is 461 g/mol. The van der Waals surface area contributed by atoms with Crippen molar-refractivity contribution in [3.05, 3.63) is 54.4 Å². The standard InChI is InChI=1S/C27H32N4O3/c1-29(20-8-4-3-5-9-20)26(33)18-31-24-11-7-6-10-23(24)28-27(31)19-16-25(32)30(17-19)21-12-14-22(34-2)15-13-21/h6-7,10-15,19-20H,3-5,8-9,16-18H2,1-2H3. The fraction of sp³-hybridized carbons (Fsp3) is 0.444. The van der Waals surface area contributed by atoms with Gasteiger partial charge >= 0.3 is 0 Å². The van der Waals surface area contributed by atoms with Crippen LogP contribution in [-0.2, 0) is 16.1 Å². The quantitative estimate of drug-likeness (QED) is 0.548. The van der Waals surface area contributed by atoms with E-state index in [0.717, 1.165) is 41.1 Å². The second kappa shape index (κ2) is 9.49. The first kappa shape index (κ1) is 22.4. The van der Waals surface area contributed by atoms with Crippen LogP contribution in [0.2, 0.25) is 0 Å². The van der Waals surface area contributed by atoms with Gasteiger partial charge in [0.15, 0.2) is 0 Å². The van der Waals surface area contributed by atoms with Crippen molar-refractivity contribution in [1.82, 2.24) is 14.5 Å². The molecule has 178 valence electrons. The highest BCUT2D eigenvalue weighted by Crippen LogP contribution is 2.34. The lowest BCUT2D eigenvalue weighted by Gasteiger charge is -2.31. The third kappa shape index (κ3) is 4.27. The summed E-state index contributed by atoms with van der Waals surface area (Å²) in [5.41, 5.74) is 2.66. The summed E-state index contributed by atoms with van der Waals surface area (Å²) in [4.78, 5) is 34.9. The van der Waals surface area contributed by atoms with Crippen LogP contribution < -0.4 is 9.64 Å². The van der Waals surface area contributed by atoms with Crippen molar-refractivity contribution in [2.75, 3.05) is 25.6 Å². The van der Waals surface area contributed by atoms with E-state index in [9.17, 15) is 9.59 Å². The molecule has 2 aromatic carbocycles. The number of para-hydroxylation sites is 2. The van der Waals surface area contributed by atoms with Gasteiger partial charge in [-0.05, 0) is 49.2 Å². The topological polar surface area (TPSA) is 67.7 Å². The highest BCUT2D eigenvalue weighted by molar-refractivity contribution is 5.96. The number of aromatic nitrogens is 2. The number of hydrogen-bond acceptors (Lipinski definition) is 4. The van der Waals surface area contributed by atoms with Crippen molar-refractivity contribution in [1.29, 1.82) is 0 Å². The molecule has 1 saturated carbocycles. The minimum atomic E-state index is -0.0743. The number of imidazole rings is 1. The molecule has 0 radical (unpaired) electrons. The Morgan fingerprint density at radius 1 is 1.09 bits per heavy atom. The molecular weight excluding hydrogens is 428 g/mol. The SMILES string of the molecule is COc1ccc(N2CC(c3nc4ccccc4n3CC(=O)N(C)C3CCCCC3)CC2=O)cc1. The summed E-state index contributed by atoms with van der Waals surface area (Å²) in [5.74, 6) is 1.67. The lowest BCUT2D eigenvalue weighted by Crippen LogP contribution is -2.40. The van der Waals surface area contributed by atoms with E-state index in [1.807, 2.05) is 69.9 Å². The molecule has 1 aromatic heterocycles. The van der Waals surface area contributed by atoms with Crippen LogP contribution in [0.5, 0.6) is 5.75 Å². The molecule has 0 bridgehead atoms. The lowest BCUT2D eigenvalue weighted by atomic mass is 9.94. The van der Waals surface area contributed by atoms with Gasteiger partial charge in [-0.25, -0.2) is 4.98 Å². The summed E-state index contributed by atoms with van der Waals surface area (Å²) in [6.07, 6.45) is 6.17. The van der Waals surface area contributed by atoms with Crippen LogP contribution in [0.25, 0.3) is 11.0 Å². The molecule has 3 aromatic rings. The Morgan fingerprint density at radius 3 is 2.56 bits per heavy atom. The van der Waals surface area contributed by atoms with Crippen molar-refractivity contribution in [2.24, 2.45) is 0 Å². The number of methoxy groups -OCH3 is 1. The minimum Gasteiger partial charge on any atom is -0.497 e. The van der Waals surface area contributed by atoms with E-state index >= 15 is 0 Å². The Morgan fingerprint density at radius 2 is 1.82 bits per heavy atom. The first-order valence-corrected chi connectivity index (χ1v) is 12.2. The Bertz CT molecular complexity index is 1180. The maximum absolute atomic E-state index is 13.3. The van der Waals surface area contributed by atoms with Crippen LogP contribution in [0, 0.1) is 0 Å². The first-order valence-electron chi connectivity index (χ1n) is 12.2. The average Bonchev–Trinajstić information content (AvgIpc) is 3.44. The predicted octanol–water partition coefficient (Wildman–Crippen LogP) is 4.36. The van der Waals surface area contributed by atoms with E-state index in [-0.39, 0.29) is 24.3 Å². The normalized spacial score (nSPS) is 19.1. The van der Waals surface area contributed by atoms with Gasteiger partial charge < -0.3 is 19.1 Å². The van der Waals surface area contributed by atoms with Gasteiger partial charge in [-0.3, -0.25) is 9.59 Å². The monoisotopic (exact) mass is 460 g/mol. The smallest absolute Gasteiger partial charge is 0.242 e. The predicted molar refractivity (Wildman–Crippen MR) is 132 cm³/mol. The number of anilines is 1. The Labute approximate surface area is 200 Å². The van der Waals surface area contributed by atoms with Gasteiger partial charge in [0.1, 0.15) is 18.1 Å². The van der Waals surface area contributed by atoms with E-state index in [2.05, 4.69) is 0 Å². The number of likely N-dealkylation sites (N-methyl/N-ethyl adjacent to an activating group) is 1. The van der Waals surface area contributed by atoms with Crippen molar-refractivity contribution >= 4 is 28.5 Å². The lowest BCUT2D eigenvalue weighted by molar-refractivity contribution is -0.133. The summed E-state index contributed by atoms with van der Waals surface area (Å²) in [5, 5.41) is 0. The van der Waals surface area contributed by atoms with Crippen molar-refractivity contribution in [2.45, 2.75) is 57.0 Å². The molecule has 2 fully saturated rings. The van der Waals surface area contributed by atoms with Crippen LogP contribution in [0.3, 0.4) is 0 Å². The van der Waals surface area contributed by atoms with Gasteiger partial charge in [0.05, 0.1) is 18.1 Å². The number of carbonyl (C=O) groups is 2. The van der Waals surface area contributed by atoms with E-state index in [4.69, 9.17) is 9.72 Å². The van der Waals surface area contributed by atoms with Crippen LogP contribution in [0.4, 0.5) is 5.69 Å². The van der Waals surface area contributed by atoms with Crippen molar-refractivity contribution < 1.29 is 14.3 Å². The third-order valence-electron chi connectivity index (χ3n) is 7.37. The number of ether oxygens (including phenoxy) is 1. The molecule has 5 rings (SSSR count). The summed E-state index contributed by atoms with van der Waals surface area (Å²) in [7, 11) is 3.56. The molecule has 1 unspecified atom stereocenters. The molecule has 1 aliphatic carbocycles. The second-order valence-corrected chi connectivity index (χ2v) is 9.44. The third-order valence-corrected chi connectivity index (χ3v) is 7.37. The highest BCUT2D eigenvalue weighted by atomic mass is 16.5. The van der Waals surface area contributed by atoms with Crippen LogP contribution in [-0.4, -0.2) is 53.0 Å². The van der Waals surface area contributed by atoms with Gasteiger partial charge in [-0.15, -0.1) is 0 Å². The van der Waals surface area contributed by atoms with Crippen LogP contribution in [0.15, 0.2) is 48.5 Å². The Balaban J connectivity index is 1.41. The molecule has 2 heterocycles. The number of rotatable bonds is 6. The molecule has 2 aliphatic rings. The van der Waals surface area contributed by atoms with Crippen LogP contribution >= 0.6 is 0 Å². The molecule has 0 N–H and O–H groups in total. The van der Waals surface area contributed by atoms with E-state index in [1.165, 1.54) is 19.3 Å². The molecule has 1 atom stereocenters. The molecule has 2 amide bonds. The zero-order valence-electron chi connectivity index (χ0n) is 19.9. The molecule has 1 saturated heterocycles. The number of hydrogen-bond donors (Lipinski definition) is 0. The zero-order valence-corrected chi connectivity index (χ0v) is 19.9. The van der Waals surface area contributed by atoms with Crippen LogP contribution in [0.1, 0.15) is 50.3 Å². The summed E-state index contributed by atoms with van der Waals surface area (Å²) in [6, 6.07) is 15.8. The van der Waals surface area contributed by atoms with Crippen molar-refractivity contribution in [3.8, 4) is 5.75 Å². The number of carbonyl (C=O) groups excluding carboxylic acids is 2. The van der Waals surface area contributed by atoms with E-state index in [1.54, 1.807) is 7.11 Å². The first-order chi connectivity index (χ1) is 16.5. The van der Waals surface area contributed by atoms with Crippen molar-refractivity contribution in [3.63, 3.8) is 0 Å². The number of fused-ring (bicyclic) bond motifs is 1. The molecule has 34 heavy (non-hydrogen) atoms. The molecular formula is C27H32N4O3. The van der Waals surface area contributed by atoms with Gasteiger partial charge in [-0.1, -0.05) is 31.4 Å². The molecule has 0 spiro atoms. The summed E-state index contributed by atoms with van der Waals surface area (Å²) in [6.45, 7) is 0.789. The summed E-state index contributed by atoms with van der Waals surface area (Å²) >= 11 is 0. The largest absolute Gasteiger partial charge is 0.497 e. The van der Waals surface area contributed by atoms with E-state index < -0.39 is 0 Å². The fourth-order valence-electron chi connectivity index (χ4n) is 5.38. The number of nitrogens with zero attached hydrogens (tertiary/aromatic N) is 4. The summed E-state index contributed by atoms with van der Waals surface area (Å²) < 4.78 is 7.28. The molecule has 1 aliphatic heterocycles. The van der Waals surface area contributed by atoms with Gasteiger partial charge in [0, 0.05) is 37.7 Å². The van der Waals surface area contributed by atoms with Gasteiger partial charge in [-0.2, -0.15) is 0 Å². The minimum absolute atomic E-state index is 0.0689. The molecule has 7 heteroatoms. The number of amides is 2.